The highest BCUT2D eigenvalue weighted by molar-refractivity contribution is 5.73. The lowest BCUT2D eigenvalue weighted by Crippen LogP contribution is -2.10. The van der Waals surface area contributed by atoms with Crippen LogP contribution in [0.1, 0.15) is 11.5 Å². The number of oxime groups is 1. The van der Waals surface area contributed by atoms with E-state index in [1.807, 2.05) is 0 Å². The second kappa shape index (κ2) is 3.38. The van der Waals surface area contributed by atoms with Gasteiger partial charge in [-0.3, -0.25) is 0 Å². The van der Waals surface area contributed by atoms with Crippen molar-refractivity contribution in [2.45, 2.75) is 6.18 Å². The van der Waals surface area contributed by atoms with Crippen LogP contribution in [0.2, 0.25) is 0 Å². The van der Waals surface area contributed by atoms with Crippen LogP contribution in [0.4, 0.5) is 13.2 Å². The minimum absolute atomic E-state index is 0.294. The van der Waals surface area contributed by atoms with Crippen molar-refractivity contribution in [2.24, 2.45) is 5.16 Å². The summed E-state index contributed by atoms with van der Waals surface area (Å²) in [5.74, 6) is -0.294. The van der Waals surface area contributed by atoms with E-state index in [0.29, 0.717) is 0 Å². The molecule has 1 aromatic heterocycles. The number of alkyl halides is 3. The molecule has 0 saturated heterocycles. The van der Waals surface area contributed by atoms with E-state index in [-0.39, 0.29) is 5.82 Å². The molecule has 1 N–H and O–H groups in total. The summed E-state index contributed by atoms with van der Waals surface area (Å²) in [6.07, 6.45) is -2.86. The third-order valence-electron chi connectivity index (χ3n) is 1.14. The van der Waals surface area contributed by atoms with Crippen LogP contribution in [0.5, 0.6) is 0 Å². The molecule has 0 bridgehead atoms. The Hall–Kier alpha value is -1.66. The van der Waals surface area contributed by atoms with Gasteiger partial charge in [0.15, 0.2) is 5.82 Å². The fourth-order valence-electron chi connectivity index (χ4n) is 0.645. The molecule has 7 heteroatoms. The maximum atomic E-state index is 12.0. The molecule has 0 aliphatic rings. The first-order valence-corrected chi connectivity index (χ1v) is 3.11. The van der Waals surface area contributed by atoms with Gasteiger partial charge < -0.3 is 5.21 Å². The summed E-state index contributed by atoms with van der Waals surface area (Å²) >= 11 is 0. The predicted molar refractivity (Wildman–Crippen MR) is 36.4 cm³/mol. The maximum Gasteiger partial charge on any atom is 0.433 e. The summed E-state index contributed by atoms with van der Waals surface area (Å²) in [5.41, 5.74) is -1.07. The number of nitrogens with zero attached hydrogens (tertiary/aromatic N) is 3. The van der Waals surface area contributed by atoms with Gasteiger partial charge >= 0.3 is 6.18 Å². The Kier molecular flexibility index (Phi) is 2.45. The Labute approximate surface area is 70.7 Å². The highest BCUT2D eigenvalue weighted by Crippen LogP contribution is 2.26. The molecule has 1 aromatic rings. The van der Waals surface area contributed by atoms with E-state index < -0.39 is 11.9 Å². The third-order valence-corrected chi connectivity index (χ3v) is 1.14. The Morgan fingerprint density at radius 1 is 1.46 bits per heavy atom. The topological polar surface area (TPSA) is 58.4 Å². The molecule has 0 aliphatic heterocycles. The van der Waals surface area contributed by atoms with Gasteiger partial charge in [-0.1, -0.05) is 5.16 Å². The zero-order valence-electron chi connectivity index (χ0n) is 6.15. The smallest absolute Gasteiger partial charge is 0.411 e. The number of hydrogen-bond acceptors (Lipinski definition) is 4. The fraction of sp³-hybridized carbons (Fsp3) is 0.167. The molecule has 0 fully saturated rings. The van der Waals surface area contributed by atoms with Crippen LogP contribution in [-0.4, -0.2) is 21.4 Å². The SMILES string of the molecule is O/N=C\c1nccc(C(F)(F)F)n1. The fourth-order valence-corrected chi connectivity index (χ4v) is 0.645. The van der Waals surface area contributed by atoms with Crippen LogP contribution in [0.15, 0.2) is 17.4 Å². The van der Waals surface area contributed by atoms with Crippen molar-refractivity contribution in [2.75, 3.05) is 0 Å². The van der Waals surface area contributed by atoms with E-state index >= 15 is 0 Å². The van der Waals surface area contributed by atoms with E-state index in [2.05, 4.69) is 15.1 Å². The molecule has 70 valence electrons. The summed E-state index contributed by atoms with van der Waals surface area (Å²) in [7, 11) is 0. The molecule has 13 heavy (non-hydrogen) atoms. The van der Waals surface area contributed by atoms with E-state index in [0.717, 1.165) is 18.5 Å². The van der Waals surface area contributed by atoms with E-state index in [4.69, 9.17) is 5.21 Å². The maximum absolute atomic E-state index is 12.0. The Morgan fingerprint density at radius 2 is 2.15 bits per heavy atom. The highest BCUT2D eigenvalue weighted by atomic mass is 19.4. The number of halogens is 3. The van der Waals surface area contributed by atoms with Crippen molar-refractivity contribution in [1.29, 1.82) is 0 Å². The summed E-state index contributed by atoms with van der Waals surface area (Å²) < 4.78 is 36.0. The van der Waals surface area contributed by atoms with Crippen LogP contribution in [0, 0.1) is 0 Å². The molecule has 1 heterocycles. The summed E-state index contributed by atoms with van der Waals surface area (Å²) in [4.78, 5) is 6.51. The molecule has 0 saturated carbocycles. The first-order valence-electron chi connectivity index (χ1n) is 3.11. The molecule has 0 spiro atoms. The predicted octanol–water partition coefficient (Wildman–Crippen LogP) is 1.30. The van der Waals surface area contributed by atoms with Crippen LogP contribution in [-0.2, 0) is 6.18 Å². The second-order valence-electron chi connectivity index (χ2n) is 2.04. The van der Waals surface area contributed by atoms with Gasteiger partial charge in [-0.25, -0.2) is 9.97 Å². The summed E-state index contributed by atoms with van der Waals surface area (Å²) in [6.45, 7) is 0. The minimum Gasteiger partial charge on any atom is -0.411 e. The normalized spacial score (nSPS) is 12.2. The molecular formula is C6H4F3N3O. The molecule has 0 radical (unpaired) electrons. The summed E-state index contributed by atoms with van der Waals surface area (Å²) in [6, 6.07) is 0.731. The number of aromatic nitrogens is 2. The Bertz CT molecular complexity index is 323. The van der Waals surface area contributed by atoms with Gasteiger partial charge in [0.25, 0.3) is 0 Å². The zero-order valence-corrected chi connectivity index (χ0v) is 6.15. The Morgan fingerprint density at radius 3 is 2.69 bits per heavy atom. The van der Waals surface area contributed by atoms with Crippen molar-refractivity contribution in [3.05, 3.63) is 23.8 Å². The third kappa shape index (κ3) is 2.39. The molecule has 0 unspecified atom stereocenters. The quantitative estimate of drug-likeness (QED) is 0.413. The van der Waals surface area contributed by atoms with Crippen molar-refractivity contribution in [1.82, 2.24) is 9.97 Å². The van der Waals surface area contributed by atoms with Crippen LogP contribution in [0.3, 0.4) is 0 Å². The van der Waals surface area contributed by atoms with Crippen molar-refractivity contribution >= 4 is 6.21 Å². The number of hydrogen-bond donors (Lipinski definition) is 1. The van der Waals surface area contributed by atoms with Crippen molar-refractivity contribution in [3.63, 3.8) is 0 Å². The summed E-state index contributed by atoms with van der Waals surface area (Å²) in [5, 5.41) is 10.5. The first kappa shape index (κ1) is 9.43. The average molecular weight is 191 g/mol. The first-order chi connectivity index (χ1) is 6.04. The van der Waals surface area contributed by atoms with E-state index in [9.17, 15) is 13.2 Å². The molecular weight excluding hydrogens is 187 g/mol. The van der Waals surface area contributed by atoms with Crippen LogP contribution < -0.4 is 0 Å². The van der Waals surface area contributed by atoms with Gasteiger partial charge in [0.05, 0.1) is 0 Å². The molecule has 0 aliphatic carbocycles. The molecule has 4 nitrogen and oxygen atoms in total. The van der Waals surface area contributed by atoms with Gasteiger partial charge in [0.1, 0.15) is 11.9 Å². The lowest BCUT2D eigenvalue weighted by Gasteiger charge is -2.04. The van der Waals surface area contributed by atoms with E-state index in [1.165, 1.54) is 0 Å². The van der Waals surface area contributed by atoms with Gasteiger partial charge in [0.2, 0.25) is 0 Å². The van der Waals surface area contributed by atoms with Gasteiger partial charge in [0, 0.05) is 6.20 Å². The van der Waals surface area contributed by atoms with Gasteiger partial charge in [-0.2, -0.15) is 13.2 Å². The standard InChI is InChI=1S/C6H4F3N3O/c7-6(8,9)4-1-2-10-5(12-4)3-11-13/h1-3,13H/b11-3-. The van der Waals surface area contributed by atoms with Crippen molar-refractivity contribution < 1.29 is 18.4 Å². The van der Waals surface area contributed by atoms with Gasteiger partial charge in [-0.15, -0.1) is 0 Å². The van der Waals surface area contributed by atoms with Crippen molar-refractivity contribution in [3.8, 4) is 0 Å². The number of rotatable bonds is 1. The van der Waals surface area contributed by atoms with Crippen LogP contribution in [0.25, 0.3) is 0 Å². The minimum atomic E-state index is -4.51. The molecule has 0 amide bonds. The van der Waals surface area contributed by atoms with E-state index in [1.54, 1.807) is 0 Å². The molecule has 0 aromatic carbocycles. The highest BCUT2D eigenvalue weighted by Gasteiger charge is 2.32. The largest absolute Gasteiger partial charge is 0.433 e. The average Bonchev–Trinajstić information content (AvgIpc) is 2.04. The van der Waals surface area contributed by atoms with Gasteiger partial charge in [-0.05, 0) is 6.07 Å². The molecule has 1 rings (SSSR count). The lowest BCUT2D eigenvalue weighted by atomic mass is 10.4. The molecule has 0 atom stereocenters. The monoisotopic (exact) mass is 191 g/mol. The Balaban J connectivity index is 3.05. The lowest BCUT2D eigenvalue weighted by molar-refractivity contribution is -0.141. The second-order valence-corrected chi connectivity index (χ2v) is 2.04. The van der Waals surface area contributed by atoms with Crippen LogP contribution >= 0.6 is 0 Å². The zero-order chi connectivity index (χ0) is 9.90.